The Balaban J connectivity index is 1.70. The summed E-state index contributed by atoms with van der Waals surface area (Å²) in [6.07, 6.45) is 2.37. The molecule has 0 unspecified atom stereocenters. The molecule has 1 heteroatoms. The molecular weight excluding hydrogens is 230 g/mol. The minimum atomic E-state index is 1.08. The number of rotatable bonds is 2. The Hall–Kier alpha value is -1.60. The van der Waals surface area contributed by atoms with Crippen molar-refractivity contribution in [3.05, 3.63) is 70.8 Å². The maximum atomic E-state index is 2.57. The summed E-state index contributed by atoms with van der Waals surface area (Å²) in [5.74, 6) is 0. The van der Waals surface area contributed by atoms with Gasteiger partial charge in [0, 0.05) is 19.6 Å². The van der Waals surface area contributed by atoms with Crippen LogP contribution in [0.5, 0.6) is 0 Å². The molecule has 0 amide bonds. The highest BCUT2D eigenvalue weighted by atomic mass is 15.1. The zero-order valence-corrected chi connectivity index (χ0v) is 11.6. The number of nitrogens with zero attached hydrogens (tertiary/aromatic N) is 1. The smallest absolute Gasteiger partial charge is 0.0233 e. The quantitative estimate of drug-likeness (QED) is 0.788. The lowest BCUT2D eigenvalue weighted by Crippen LogP contribution is -2.25. The van der Waals surface area contributed by atoms with Gasteiger partial charge in [-0.1, -0.05) is 54.1 Å². The lowest BCUT2D eigenvalue weighted by Gasteiger charge is -2.19. The fraction of sp³-hybridized carbons (Fsp3) is 0.333. The number of benzene rings is 2. The van der Waals surface area contributed by atoms with Crippen LogP contribution >= 0.6 is 0 Å². The molecule has 1 aliphatic rings. The van der Waals surface area contributed by atoms with Gasteiger partial charge in [0.05, 0.1) is 0 Å². The highest BCUT2D eigenvalue weighted by molar-refractivity contribution is 5.33. The van der Waals surface area contributed by atoms with Crippen molar-refractivity contribution in [3.63, 3.8) is 0 Å². The Bertz CT molecular complexity index is 545. The van der Waals surface area contributed by atoms with Crippen LogP contribution < -0.4 is 0 Å². The molecule has 0 saturated heterocycles. The van der Waals surface area contributed by atoms with Crippen LogP contribution in [0.2, 0.25) is 0 Å². The van der Waals surface area contributed by atoms with Gasteiger partial charge in [-0.3, -0.25) is 4.90 Å². The van der Waals surface area contributed by atoms with Crippen LogP contribution in [0.15, 0.2) is 48.5 Å². The number of aryl methyl sites for hydroxylation is 1. The molecule has 3 rings (SSSR count). The van der Waals surface area contributed by atoms with Gasteiger partial charge in [0.15, 0.2) is 0 Å². The van der Waals surface area contributed by atoms with E-state index in [1.807, 2.05) is 0 Å². The van der Waals surface area contributed by atoms with Gasteiger partial charge in [-0.2, -0.15) is 0 Å². The second-order valence-corrected chi connectivity index (χ2v) is 5.53. The molecular formula is C18H21N. The molecule has 0 fully saturated rings. The van der Waals surface area contributed by atoms with Gasteiger partial charge in [0.2, 0.25) is 0 Å². The van der Waals surface area contributed by atoms with Crippen LogP contribution in [0.1, 0.15) is 22.3 Å². The van der Waals surface area contributed by atoms with Crippen LogP contribution in [0.3, 0.4) is 0 Å². The Morgan fingerprint density at radius 2 is 1.63 bits per heavy atom. The molecule has 0 spiro atoms. The fourth-order valence-electron chi connectivity index (χ4n) is 2.90. The summed E-state index contributed by atoms with van der Waals surface area (Å²) >= 11 is 0. The van der Waals surface area contributed by atoms with Gasteiger partial charge in [0.25, 0.3) is 0 Å². The van der Waals surface area contributed by atoms with E-state index < -0.39 is 0 Å². The van der Waals surface area contributed by atoms with Crippen molar-refractivity contribution in [2.24, 2.45) is 0 Å². The van der Waals surface area contributed by atoms with Gasteiger partial charge in [-0.25, -0.2) is 0 Å². The van der Waals surface area contributed by atoms with Crippen molar-refractivity contribution in [2.75, 3.05) is 13.1 Å². The lowest BCUT2D eigenvalue weighted by molar-refractivity contribution is 0.279. The van der Waals surface area contributed by atoms with Crippen molar-refractivity contribution >= 4 is 0 Å². The monoisotopic (exact) mass is 251 g/mol. The van der Waals surface area contributed by atoms with Crippen LogP contribution in [-0.4, -0.2) is 18.0 Å². The predicted octanol–water partition coefficient (Wildman–Crippen LogP) is 3.60. The van der Waals surface area contributed by atoms with Crippen molar-refractivity contribution in [1.29, 1.82) is 0 Å². The highest BCUT2D eigenvalue weighted by Gasteiger charge is 2.13. The summed E-state index contributed by atoms with van der Waals surface area (Å²) in [4.78, 5) is 2.57. The summed E-state index contributed by atoms with van der Waals surface area (Å²) < 4.78 is 0. The standard InChI is InChI=1S/C18H21N/c1-15-7-8-17-9-11-19(12-10-18(17)13-15)14-16-5-3-2-4-6-16/h2-8,13H,9-12,14H2,1H3. The maximum Gasteiger partial charge on any atom is 0.0233 e. The Kier molecular flexibility index (Phi) is 3.65. The number of hydrogen-bond donors (Lipinski definition) is 0. The van der Waals surface area contributed by atoms with E-state index in [1.54, 1.807) is 11.1 Å². The Morgan fingerprint density at radius 3 is 2.42 bits per heavy atom. The molecule has 0 radical (unpaired) electrons. The normalized spacial score (nSPS) is 15.8. The van der Waals surface area contributed by atoms with E-state index in [-0.39, 0.29) is 0 Å². The lowest BCUT2D eigenvalue weighted by atomic mass is 10.0. The largest absolute Gasteiger partial charge is 0.298 e. The SMILES string of the molecule is Cc1ccc2c(c1)CCN(Cc1ccccc1)CC2. The van der Waals surface area contributed by atoms with E-state index in [4.69, 9.17) is 0 Å². The summed E-state index contributed by atoms with van der Waals surface area (Å²) in [7, 11) is 0. The predicted molar refractivity (Wildman–Crippen MR) is 80.3 cm³/mol. The van der Waals surface area contributed by atoms with Crippen LogP contribution in [0.4, 0.5) is 0 Å². The zero-order valence-electron chi connectivity index (χ0n) is 11.6. The molecule has 19 heavy (non-hydrogen) atoms. The molecule has 0 bridgehead atoms. The molecule has 0 atom stereocenters. The third kappa shape index (κ3) is 3.05. The second kappa shape index (κ2) is 5.58. The first kappa shape index (κ1) is 12.4. The zero-order chi connectivity index (χ0) is 13.1. The summed E-state index contributed by atoms with van der Waals surface area (Å²) in [6.45, 7) is 5.61. The number of hydrogen-bond acceptors (Lipinski definition) is 1. The first-order valence-electron chi connectivity index (χ1n) is 7.16. The average molecular weight is 251 g/mol. The molecule has 2 aromatic rings. The first-order valence-corrected chi connectivity index (χ1v) is 7.16. The van der Waals surface area contributed by atoms with Gasteiger partial charge in [-0.15, -0.1) is 0 Å². The maximum absolute atomic E-state index is 2.57. The van der Waals surface area contributed by atoms with E-state index in [0.717, 1.165) is 6.54 Å². The van der Waals surface area contributed by atoms with Gasteiger partial charge < -0.3 is 0 Å². The summed E-state index contributed by atoms with van der Waals surface area (Å²) in [6, 6.07) is 17.7. The third-order valence-corrected chi connectivity index (χ3v) is 4.01. The minimum absolute atomic E-state index is 1.08. The van der Waals surface area contributed by atoms with E-state index in [1.165, 1.54) is 37.1 Å². The van der Waals surface area contributed by atoms with E-state index >= 15 is 0 Å². The van der Waals surface area contributed by atoms with Crippen molar-refractivity contribution in [2.45, 2.75) is 26.3 Å². The topological polar surface area (TPSA) is 3.24 Å². The van der Waals surface area contributed by atoms with E-state index in [2.05, 4.69) is 60.4 Å². The number of fused-ring (bicyclic) bond motifs is 1. The fourth-order valence-corrected chi connectivity index (χ4v) is 2.90. The second-order valence-electron chi connectivity index (χ2n) is 5.53. The van der Waals surface area contributed by atoms with Crippen molar-refractivity contribution < 1.29 is 0 Å². The van der Waals surface area contributed by atoms with Crippen molar-refractivity contribution in [3.8, 4) is 0 Å². The Morgan fingerprint density at radius 1 is 0.895 bits per heavy atom. The Labute approximate surface area is 115 Å². The van der Waals surface area contributed by atoms with Gasteiger partial charge in [0.1, 0.15) is 0 Å². The molecule has 0 saturated carbocycles. The molecule has 0 aromatic heterocycles. The van der Waals surface area contributed by atoms with E-state index in [9.17, 15) is 0 Å². The molecule has 0 N–H and O–H groups in total. The van der Waals surface area contributed by atoms with E-state index in [0.29, 0.717) is 0 Å². The minimum Gasteiger partial charge on any atom is -0.298 e. The van der Waals surface area contributed by atoms with Gasteiger partial charge in [-0.05, 0) is 36.5 Å². The molecule has 98 valence electrons. The summed E-state index contributed by atoms with van der Waals surface area (Å²) in [5.41, 5.74) is 5.90. The summed E-state index contributed by atoms with van der Waals surface area (Å²) in [5, 5.41) is 0. The molecule has 2 aromatic carbocycles. The van der Waals surface area contributed by atoms with Crippen molar-refractivity contribution in [1.82, 2.24) is 4.90 Å². The first-order chi connectivity index (χ1) is 9.31. The molecule has 1 nitrogen and oxygen atoms in total. The average Bonchev–Trinajstić information content (AvgIpc) is 2.63. The van der Waals surface area contributed by atoms with Crippen LogP contribution in [-0.2, 0) is 19.4 Å². The molecule has 1 aliphatic heterocycles. The third-order valence-electron chi connectivity index (χ3n) is 4.01. The molecule has 1 heterocycles. The molecule has 0 aliphatic carbocycles. The highest BCUT2D eigenvalue weighted by Crippen LogP contribution is 2.18. The van der Waals surface area contributed by atoms with Crippen LogP contribution in [0, 0.1) is 6.92 Å². The van der Waals surface area contributed by atoms with Gasteiger partial charge >= 0.3 is 0 Å². The van der Waals surface area contributed by atoms with Crippen LogP contribution in [0.25, 0.3) is 0 Å².